The summed E-state index contributed by atoms with van der Waals surface area (Å²) < 4.78 is 13.0. The Morgan fingerprint density at radius 3 is 2.50 bits per heavy atom. The predicted octanol–water partition coefficient (Wildman–Crippen LogP) is 1.11. The molecule has 3 heterocycles. The van der Waals surface area contributed by atoms with Gasteiger partial charge in [-0.15, -0.1) is 0 Å². The third-order valence-corrected chi connectivity index (χ3v) is 5.17. The smallest absolute Gasteiger partial charge is 0.409 e. The normalized spacial score (nSPS) is 14.9. The summed E-state index contributed by atoms with van der Waals surface area (Å²) in [6.45, 7) is 7.54. The molecule has 0 aliphatic carbocycles. The second-order valence-electron chi connectivity index (χ2n) is 7.41. The summed E-state index contributed by atoms with van der Waals surface area (Å²) >= 11 is 0. The monoisotopic (exact) mass is 447 g/mol. The largest absolute Gasteiger partial charge is 0.450 e. The number of hydrogen-bond donors (Lipinski definition) is 1. The first-order valence-corrected chi connectivity index (χ1v) is 10.4. The number of nitrogens with zero attached hydrogens (tertiary/aromatic N) is 6. The lowest BCUT2D eigenvalue weighted by Crippen LogP contribution is -2.52. The topological polar surface area (TPSA) is 124 Å². The standard InChI is InChI=1S/C20H29N7O5/c1-5-32-20(30)25-10-8-24(9-11-25)19(29)15(3)27-12-17(14(2)22-27)21-18(28)16-6-7-26(23-16)13-31-4/h6-7,12,15H,5,8-11,13H2,1-4H3,(H,21,28). The Hall–Kier alpha value is -3.41. The van der Waals surface area contributed by atoms with Gasteiger partial charge in [-0.25, -0.2) is 9.48 Å². The average Bonchev–Trinajstić information content (AvgIpc) is 3.40. The molecule has 32 heavy (non-hydrogen) atoms. The van der Waals surface area contributed by atoms with E-state index in [2.05, 4.69) is 15.5 Å². The van der Waals surface area contributed by atoms with Crippen LogP contribution in [0.15, 0.2) is 18.5 Å². The van der Waals surface area contributed by atoms with Crippen LogP contribution in [0, 0.1) is 6.92 Å². The van der Waals surface area contributed by atoms with Crippen LogP contribution in [-0.2, 0) is 21.0 Å². The molecule has 0 bridgehead atoms. The summed E-state index contributed by atoms with van der Waals surface area (Å²) in [5.41, 5.74) is 1.34. The van der Waals surface area contributed by atoms with Crippen molar-refractivity contribution in [2.45, 2.75) is 33.5 Å². The molecule has 1 aliphatic rings. The summed E-state index contributed by atoms with van der Waals surface area (Å²) in [6.07, 6.45) is 2.93. The molecule has 1 aliphatic heterocycles. The van der Waals surface area contributed by atoms with Crippen LogP contribution in [0.3, 0.4) is 0 Å². The molecule has 2 aromatic rings. The van der Waals surface area contributed by atoms with E-state index in [-0.39, 0.29) is 30.3 Å². The number of methoxy groups -OCH3 is 1. The molecule has 3 rings (SSSR count). The van der Waals surface area contributed by atoms with Crippen LogP contribution >= 0.6 is 0 Å². The Labute approximate surface area is 186 Å². The number of hydrogen-bond acceptors (Lipinski definition) is 7. The molecule has 1 atom stereocenters. The average molecular weight is 447 g/mol. The molecule has 12 nitrogen and oxygen atoms in total. The molecule has 1 saturated heterocycles. The van der Waals surface area contributed by atoms with Gasteiger partial charge in [-0.3, -0.25) is 14.3 Å². The molecule has 0 radical (unpaired) electrons. The van der Waals surface area contributed by atoms with Gasteiger partial charge in [0.05, 0.1) is 18.0 Å². The minimum Gasteiger partial charge on any atom is -0.450 e. The number of carbonyl (C=O) groups is 3. The molecule has 0 spiro atoms. The summed E-state index contributed by atoms with van der Waals surface area (Å²) in [5, 5.41) is 11.3. The first-order valence-electron chi connectivity index (χ1n) is 10.4. The quantitative estimate of drug-likeness (QED) is 0.674. The van der Waals surface area contributed by atoms with E-state index in [0.29, 0.717) is 44.2 Å². The van der Waals surface area contributed by atoms with E-state index < -0.39 is 6.04 Å². The number of anilines is 1. The van der Waals surface area contributed by atoms with Crippen LogP contribution < -0.4 is 5.32 Å². The van der Waals surface area contributed by atoms with E-state index in [1.807, 2.05) is 0 Å². The maximum atomic E-state index is 12.9. The van der Waals surface area contributed by atoms with Gasteiger partial charge in [0.1, 0.15) is 12.8 Å². The highest BCUT2D eigenvalue weighted by Gasteiger charge is 2.29. The molecular weight excluding hydrogens is 418 g/mol. The van der Waals surface area contributed by atoms with Crippen LogP contribution in [0.2, 0.25) is 0 Å². The molecule has 1 N–H and O–H groups in total. The summed E-state index contributed by atoms with van der Waals surface area (Å²) in [6, 6.07) is 1.03. The van der Waals surface area contributed by atoms with Crippen LogP contribution in [0.1, 0.15) is 36.1 Å². The highest BCUT2D eigenvalue weighted by Crippen LogP contribution is 2.19. The first kappa shape index (κ1) is 23.3. The van der Waals surface area contributed by atoms with Gasteiger partial charge in [0.15, 0.2) is 5.69 Å². The maximum absolute atomic E-state index is 12.9. The number of nitrogens with one attached hydrogen (secondary N) is 1. The van der Waals surface area contributed by atoms with Gasteiger partial charge in [0.2, 0.25) is 5.91 Å². The Morgan fingerprint density at radius 1 is 1.16 bits per heavy atom. The Balaban J connectivity index is 1.60. The minimum absolute atomic E-state index is 0.104. The van der Waals surface area contributed by atoms with Crippen molar-refractivity contribution in [2.24, 2.45) is 0 Å². The van der Waals surface area contributed by atoms with Gasteiger partial charge in [-0.05, 0) is 26.8 Å². The fourth-order valence-corrected chi connectivity index (χ4v) is 3.38. The van der Waals surface area contributed by atoms with E-state index in [0.717, 1.165) is 0 Å². The van der Waals surface area contributed by atoms with Crippen molar-refractivity contribution in [3.8, 4) is 0 Å². The van der Waals surface area contributed by atoms with Gasteiger partial charge in [0, 0.05) is 45.7 Å². The third kappa shape index (κ3) is 5.25. The predicted molar refractivity (Wildman–Crippen MR) is 114 cm³/mol. The van der Waals surface area contributed by atoms with Crippen molar-refractivity contribution in [3.05, 3.63) is 29.8 Å². The number of carbonyl (C=O) groups excluding carboxylic acids is 3. The fraction of sp³-hybridized carbons (Fsp3) is 0.550. The zero-order valence-electron chi connectivity index (χ0n) is 18.8. The van der Waals surface area contributed by atoms with Crippen molar-refractivity contribution in [1.82, 2.24) is 29.4 Å². The number of aromatic nitrogens is 4. The second-order valence-corrected chi connectivity index (χ2v) is 7.41. The van der Waals surface area contributed by atoms with Crippen LogP contribution in [-0.4, -0.2) is 87.2 Å². The van der Waals surface area contributed by atoms with Gasteiger partial charge in [0.25, 0.3) is 5.91 Å². The Kier molecular flexibility index (Phi) is 7.46. The number of amides is 3. The zero-order chi connectivity index (χ0) is 23.3. The van der Waals surface area contributed by atoms with Crippen molar-refractivity contribution < 1.29 is 23.9 Å². The van der Waals surface area contributed by atoms with Crippen molar-refractivity contribution in [2.75, 3.05) is 45.2 Å². The highest BCUT2D eigenvalue weighted by molar-refractivity contribution is 6.03. The fourth-order valence-electron chi connectivity index (χ4n) is 3.38. The molecule has 174 valence electrons. The molecular formula is C20H29N7O5. The van der Waals surface area contributed by atoms with Crippen molar-refractivity contribution >= 4 is 23.6 Å². The third-order valence-electron chi connectivity index (χ3n) is 5.17. The highest BCUT2D eigenvalue weighted by atomic mass is 16.6. The van der Waals surface area contributed by atoms with Gasteiger partial charge < -0.3 is 24.6 Å². The first-order chi connectivity index (χ1) is 15.3. The molecule has 2 aromatic heterocycles. The van der Waals surface area contributed by atoms with E-state index in [9.17, 15) is 14.4 Å². The van der Waals surface area contributed by atoms with Crippen LogP contribution in [0.4, 0.5) is 10.5 Å². The zero-order valence-corrected chi connectivity index (χ0v) is 18.8. The maximum Gasteiger partial charge on any atom is 0.409 e. The van der Waals surface area contributed by atoms with E-state index in [1.54, 1.807) is 56.1 Å². The molecule has 1 fully saturated rings. The second kappa shape index (κ2) is 10.3. The number of aryl methyl sites for hydroxylation is 1. The summed E-state index contributed by atoms with van der Waals surface area (Å²) in [7, 11) is 1.54. The Morgan fingerprint density at radius 2 is 1.84 bits per heavy atom. The molecule has 3 amide bonds. The van der Waals surface area contributed by atoms with Gasteiger partial charge >= 0.3 is 6.09 Å². The molecule has 0 saturated carbocycles. The lowest BCUT2D eigenvalue weighted by Gasteiger charge is -2.35. The van der Waals surface area contributed by atoms with Gasteiger partial charge in [-0.1, -0.05) is 0 Å². The number of ether oxygens (including phenoxy) is 2. The van der Waals surface area contributed by atoms with E-state index in [4.69, 9.17) is 9.47 Å². The number of piperazine rings is 1. The number of rotatable bonds is 7. The lowest BCUT2D eigenvalue weighted by molar-refractivity contribution is -0.136. The lowest BCUT2D eigenvalue weighted by atomic mass is 10.2. The summed E-state index contributed by atoms with van der Waals surface area (Å²) in [4.78, 5) is 40.6. The Bertz CT molecular complexity index is 961. The van der Waals surface area contributed by atoms with Crippen LogP contribution in [0.25, 0.3) is 0 Å². The molecule has 1 unspecified atom stereocenters. The van der Waals surface area contributed by atoms with E-state index >= 15 is 0 Å². The minimum atomic E-state index is -0.561. The molecule has 0 aromatic carbocycles. The SMILES string of the molecule is CCOC(=O)N1CCN(C(=O)C(C)n2cc(NC(=O)c3ccn(COC)n3)c(C)n2)CC1. The van der Waals surface area contributed by atoms with Gasteiger partial charge in [-0.2, -0.15) is 10.2 Å². The molecule has 12 heteroatoms. The van der Waals surface area contributed by atoms with Crippen molar-refractivity contribution in [3.63, 3.8) is 0 Å². The van der Waals surface area contributed by atoms with Crippen molar-refractivity contribution in [1.29, 1.82) is 0 Å². The van der Waals surface area contributed by atoms with Crippen LogP contribution in [0.5, 0.6) is 0 Å². The van der Waals surface area contributed by atoms with E-state index in [1.165, 1.54) is 9.36 Å². The summed E-state index contributed by atoms with van der Waals surface area (Å²) in [5.74, 6) is -0.483.